The number of aryl methyl sites for hydroxylation is 1. The summed E-state index contributed by atoms with van der Waals surface area (Å²) in [5.41, 5.74) is 1.53. The first-order valence-electron chi connectivity index (χ1n) is 8.25. The number of amides is 1. The van der Waals surface area contributed by atoms with Crippen LogP contribution in [-0.4, -0.2) is 30.3 Å². The van der Waals surface area contributed by atoms with Crippen molar-refractivity contribution < 1.29 is 28.6 Å². The van der Waals surface area contributed by atoms with E-state index >= 15 is 0 Å². The summed E-state index contributed by atoms with van der Waals surface area (Å²) in [7, 11) is 0. The molecule has 0 saturated heterocycles. The second kappa shape index (κ2) is 6.74. The van der Waals surface area contributed by atoms with Gasteiger partial charge < -0.3 is 24.3 Å². The van der Waals surface area contributed by atoms with E-state index in [-0.39, 0.29) is 35.9 Å². The molecule has 0 radical (unpaired) electrons. The molecule has 1 aromatic heterocycles. The molecule has 0 fully saturated rings. The largest absolute Gasteiger partial charge is 0.481 e. The molecular formula is C19H21NO6. The summed E-state index contributed by atoms with van der Waals surface area (Å²) in [5.74, 6) is 0.168. The number of hydrogen-bond donors (Lipinski definition) is 2. The molecule has 0 aliphatic carbocycles. The topological polar surface area (TPSA) is 98.0 Å². The molecule has 0 spiro atoms. The first kappa shape index (κ1) is 17.8. The number of aliphatic carboxylic acids is 1. The second-order valence-electron chi connectivity index (χ2n) is 6.92. The molecule has 1 aliphatic heterocycles. The molecule has 26 heavy (non-hydrogen) atoms. The van der Waals surface area contributed by atoms with Crippen LogP contribution in [0.2, 0.25) is 0 Å². The number of rotatable bonds is 6. The molecule has 1 aliphatic rings. The molecule has 2 N–H and O–H groups in total. The number of ether oxygens (including phenoxy) is 2. The van der Waals surface area contributed by atoms with Crippen LogP contribution in [0, 0.1) is 6.92 Å². The molecule has 2 aromatic rings. The summed E-state index contributed by atoms with van der Waals surface area (Å²) in [6.07, 6.45) is 1.07. The normalized spacial score (nSPS) is 12.9. The van der Waals surface area contributed by atoms with Gasteiger partial charge in [0.2, 0.25) is 6.79 Å². The maximum absolute atomic E-state index is 12.6. The van der Waals surface area contributed by atoms with E-state index in [1.807, 2.05) is 32.0 Å². The fraction of sp³-hybridized carbons (Fsp3) is 0.368. The van der Waals surface area contributed by atoms with Crippen molar-refractivity contribution >= 4 is 11.9 Å². The van der Waals surface area contributed by atoms with Gasteiger partial charge in [0.1, 0.15) is 12.2 Å². The fourth-order valence-corrected chi connectivity index (χ4v) is 2.88. The lowest BCUT2D eigenvalue weighted by atomic mass is 9.84. The van der Waals surface area contributed by atoms with Gasteiger partial charge in [0, 0.05) is 17.5 Å². The summed E-state index contributed by atoms with van der Waals surface area (Å²) >= 11 is 0. The zero-order valence-electron chi connectivity index (χ0n) is 14.9. The third-order valence-electron chi connectivity index (χ3n) is 4.43. The van der Waals surface area contributed by atoms with Crippen LogP contribution in [0.15, 0.2) is 28.9 Å². The molecule has 0 atom stereocenters. The number of carboxylic acid groups (broad SMARTS) is 1. The Morgan fingerprint density at radius 2 is 1.96 bits per heavy atom. The van der Waals surface area contributed by atoms with Crippen molar-refractivity contribution in [1.82, 2.24) is 5.32 Å². The van der Waals surface area contributed by atoms with Gasteiger partial charge in [0.25, 0.3) is 5.91 Å². The Hall–Kier alpha value is -2.96. The number of benzene rings is 1. The Morgan fingerprint density at radius 3 is 2.69 bits per heavy atom. The van der Waals surface area contributed by atoms with Crippen LogP contribution in [-0.2, 0) is 16.6 Å². The lowest BCUT2D eigenvalue weighted by molar-refractivity contribution is -0.136. The zero-order chi connectivity index (χ0) is 18.9. The average Bonchev–Trinajstić information content (AvgIpc) is 3.18. The monoisotopic (exact) mass is 359 g/mol. The van der Waals surface area contributed by atoms with Crippen molar-refractivity contribution in [2.75, 3.05) is 13.3 Å². The standard InChI is InChI=1S/C19H21NO6/c1-11-8-24-15(7-16(21)22)17(11)18(23)20-9-19(2,3)12-4-5-13-14(6-12)26-10-25-13/h4-6,8H,7,9-10H2,1-3H3,(H,20,23)(H,21,22). The van der Waals surface area contributed by atoms with Crippen molar-refractivity contribution in [2.24, 2.45) is 0 Å². The van der Waals surface area contributed by atoms with Crippen LogP contribution in [0.3, 0.4) is 0 Å². The van der Waals surface area contributed by atoms with Crippen molar-refractivity contribution in [1.29, 1.82) is 0 Å². The molecule has 138 valence electrons. The zero-order valence-corrected chi connectivity index (χ0v) is 14.9. The molecule has 1 amide bonds. The smallest absolute Gasteiger partial charge is 0.311 e. The molecule has 3 rings (SSSR count). The minimum atomic E-state index is -1.05. The third-order valence-corrected chi connectivity index (χ3v) is 4.43. The minimum Gasteiger partial charge on any atom is -0.481 e. The quantitative estimate of drug-likeness (QED) is 0.823. The van der Waals surface area contributed by atoms with E-state index in [9.17, 15) is 9.59 Å². The molecule has 0 unspecified atom stereocenters. The first-order chi connectivity index (χ1) is 12.3. The van der Waals surface area contributed by atoms with E-state index in [4.69, 9.17) is 19.0 Å². The lowest BCUT2D eigenvalue weighted by Gasteiger charge is -2.26. The number of fused-ring (bicyclic) bond motifs is 1. The molecule has 7 heteroatoms. The average molecular weight is 359 g/mol. The second-order valence-corrected chi connectivity index (χ2v) is 6.92. The van der Waals surface area contributed by atoms with E-state index in [0.717, 1.165) is 5.56 Å². The summed E-state index contributed by atoms with van der Waals surface area (Å²) in [4.78, 5) is 23.5. The summed E-state index contributed by atoms with van der Waals surface area (Å²) in [5, 5.41) is 11.8. The van der Waals surface area contributed by atoms with E-state index in [0.29, 0.717) is 23.6 Å². The molecule has 1 aromatic carbocycles. The Morgan fingerprint density at radius 1 is 1.23 bits per heavy atom. The first-order valence-corrected chi connectivity index (χ1v) is 8.25. The molecule has 7 nitrogen and oxygen atoms in total. The highest BCUT2D eigenvalue weighted by Gasteiger charge is 2.26. The van der Waals surface area contributed by atoms with Crippen LogP contribution >= 0.6 is 0 Å². The molecule has 0 saturated carbocycles. The van der Waals surface area contributed by atoms with E-state index in [1.165, 1.54) is 6.26 Å². The highest BCUT2D eigenvalue weighted by molar-refractivity contribution is 5.97. The van der Waals surface area contributed by atoms with Crippen molar-refractivity contribution in [3.8, 4) is 11.5 Å². The van der Waals surface area contributed by atoms with E-state index in [2.05, 4.69) is 5.32 Å². The number of carboxylic acids is 1. The van der Waals surface area contributed by atoms with Crippen LogP contribution < -0.4 is 14.8 Å². The van der Waals surface area contributed by atoms with Gasteiger partial charge in [0.05, 0.1) is 11.8 Å². The molecule has 2 heterocycles. The van der Waals surface area contributed by atoms with Crippen molar-refractivity contribution in [3.05, 3.63) is 46.9 Å². The van der Waals surface area contributed by atoms with Crippen LogP contribution in [0.1, 0.15) is 41.1 Å². The maximum atomic E-state index is 12.6. The summed E-state index contributed by atoms with van der Waals surface area (Å²) < 4.78 is 16.0. The van der Waals surface area contributed by atoms with Crippen molar-refractivity contribution in [3.63, 3.8) is 0 Å². The Bertz CT molecular complexity index is 852. The summed E-state index contributed by atoms with van der Waals surface area (Å²) in [6, 6.07) is 5.71. The third kappa shape index (κ3) is 3.51. The maximum Gasteiger partial charge on any atom is 0.311 e. The van der Waals surface area contributed by atoms with Gasteiger partial charge in [-0.3, -0.25) is 9.59 Å². The van der Waals surface area contributed by atoms with Gasteiger partial charge in [-0.1, -0.05) is 19.9 Å². The van der Waals surface area contributed by atoms with E-state index in [1.54, 1.807) is 6.92 Å². The predicted octanol–water partition coefficient (Wildman–Crippen LogP) is 2.65. The van der Waals surface area contributed by atoms with Gasteiger partial charge in [-0.05, 0) is 24.6 Å². The van der Waals surface area contributed by atoms with Crippen LogP contribution in [0.5, 0.6) is 11.5 Å². The SMILES string of the molecule is Cc1coc(CC(=O)O)c1C(=O)NCC(C)(C)c1ccc2c(c1)OCO2. The lowest BCUT2D eigenvalue weighted by Crippen LogP contribution is -2.37. The van der Waals surface area contributed by atoms with Crippen molar-refractivity contribution in [2.45, 2.75) is 32.6 Å². The van der Waals surface area contributed by atoms with Crippen LogP contribution in [0.4, 0.5) is 0 Å². The van der Waals surface area contributed by atoms with Crippen LogP contribution in [0.25, 0.3) is 0 Å². The summed E-state index contributed by atoms with van der Waals surface area (Å²) in [6.45, 7) is 6.30. The fourth-order valence-electron chi connectivity index (χ4n) is 2.88. The number of carbonyl (C=O) groups excluding carboxylic acids is 1. The van der Waals surface area contributed by atoms with Gasteiger partial charge in [0.15, 0.2) is 11.5 Å². The van der Waals surface area contributed by atoms with Gasteiger partial charge in [-0.2, -0.15) is 0 Å². The number of furan rings is 1. The van der Waals surface area contributed by atoms with Gasteiger partial charge >= 0.3 is 5.97 Å². The minimum absolute atomic E-state index is 0.161. The van der Waals surface area contributed by atoms with Gasteiger partial charge in [-0.15, -0.1) is 0 Å². The number of carbonyl (C=O) groups is 2. The van der Waals surface area contributed by atoms with E-state index < -0.39 is 5.97 Å². The molecular weight excluding hydrogens is 338 g/mol. The number of hydrogen-bond acceptors (Lipinski definition) is 5. The predicted molar refractivity (Wildman–Crippen MR) is 92.7 cm³/mol. The van der Waals surface area contributed by atoms with Gasteiger partial charge in [-0.25, -0.2) is 0 Å². The number of nitrogens with one attached hydrogen (secondary N) is 1. The Balaban J connectivity index is 1.73. The highest BCUT2D eigenvalue weighted by Crippen LogP contribution is 2.36. The Kier molecular flexibility index (Phi) is 4.63. The highest BCUT2D eigenvalue weighted by atomic mass is 16.7. The molecule has 0 bridgehead atoms. The Labute approximate surface area is 150 Å².